The molecule has 0 saturated carbocycles. The Morgan fingerprint density at radius 2 is 2.00 bits per heavy atom. The number of rotatable bonds is 4. The van der Waals surface area contributed by atoms with Crippen LogP contribution in [-0.4, -0.2) is 26.2 Å². The number of benzene rings is 1. The van der Waals surface area contributed by atoms with Gasteiger partial charge in [-0.2, -0.15) is 5.26 Å². The number of aryl methyl sites for hydroxylation is 1. The van der Waals surface area contributed by atoms with Crippen molar-refractivity contribution in [2.75, 3.05) is 14.2 Å². The van der Waals surface area contributed by atoms with Crippen molar-refractivity contribution in [3.8, 4) is 6.07 Å². The predicted octanol–water partition coefficient (Wildman–Crippen LogP) is 1.45. The fraction of sp³-hybridized carbons (Fsp3) is 0.308. The van der Waals surface area contributed by atoms with E-state index in [0.717, 1.165) is 0 Å². The SMILES string of the molecule is COC(=O)CCc1cccc(C#N)c1C(=O)OC. The van der Waals surface area contributed by atoms with Gasteiger partial charge in [0, 0.05) is 6.42 Å². The zero-order valence-corrected chi connectivity index (χ0v) is 10.2. The average Bonchev–Trinajstić information content (AvgIpc) is 2.43. The Kier molecular flexibility index (Phi) is 4.88. The topological polar surface area (TPSA) is 76.4 Å². The summed E-state index contributed by atoms with van der Waals surface area (Å²) >= 11 is 0. The maximum atomic E-state index is 11.6. The van der Waals surface area contributed by atoms with Crippen LogP contribution in [0.1, 0.15) is 27.9 Å². The molecule has 0 aromatic heterocycles. The first kappa shape index (κ1) is 13.7. The molecule has 5 nitrogen and oxygen atoms in total. The van der Waals surface area contributed by atoms with Crippen LogP contribution in [-0.2, 0) is 20.7 Å². The molecule has 1 aromatic carbocycles. The molecule has 0 aliphatic carbocycles. The van der Waals surface area contributed by atoms with E-state index in [2.05, 4.69) is 9.47 Å². The van der Waals surface area contributed by atoms with Crippen molar-refractivity contribution < 1.29 is 19.1 Å². The molecule has 0 heterocycles. The predicted molar refractivity (Wildman–Crippen MR) is 62.8 cm³/mol. The van der Waals surface area contributed by atoms with Crippen molar-refractivity contribution in [2.24, 2.45) is 0 Å². The third-order valence-corrected chi connectivity index (χ3v) is 2.49. The summed E-state index contributed by atoms with van der Waals surface area (Å²) in [5, 5.41) is 8.96. The smallest absolute Gasteiger partial charge is 0.339 e. The van der Waals surface area contributed by atoms with E-state index in [1.54, 1.807) is 12.1 Å². The first-order valence-electron chi connectivity index (χ1n) is 5.31. The van der Waals surface area contributed by atoms with E-state index >= 15 is 0 Å². The molecule has 0 radical (unpaired) electrons. The fourth-order valence-electron chi connectivity index (χ4n) is 1.58. The Morgan fingerprint density at radius 3 is 2.56 bits per heavy atom. The number of ether oxygens (including phenoxy) is 2. The van der Waals surface area contributed by atoms with Crippen LogP contribution in [0.4, 0.5) is 0 Å². The molecule has 1 rings (SSSR count). The van der Waals surface area contributed by atoms with Gasteiger partial charge in [-0.3, -0.25) is 4.79 Å². The van der Waals surface area contributed by atoms with Gasteiger partial charge in [-0.15, -0.1) is 0 Å². The highest BCUT2D eigenvalue weighted by molar-refractivity contribution is 5.94. The fourth-order valence-corrected chi connectivity index (χ4v) is 1.58. The second-order valence-electron chi connectivity index (χ2n) is 3.52. The van der Waals surface area contributed by atoms with E-state index in [4.69, 9.17) is 5.26 Å². The minimum atomic E-state index is -0.577. The van der Waals surface area contributed by atoms with E-state index in [0.29, 0.717) is 12.0 Å². The molecule has 0 amide bonds. The van der Waals surface area contributed by atoms with E-state index < -0.39 is 5.97 Å². The van der Waals surface area contributed by atoms with Crippen LogP contribution in [0, 0.1) is 11.3 Å². The summed E-state index contributed by atoms with van der Waals surface area (Å²) in [7, 11) is 2.55. The minimum Gasteiger partial charge on any atom is -0.469 e. The van der Waals surface area contributed by atoms with Crippen molar-refractivity contribution in [1.82, 2.24) is 0 Å². The van der Waals surface area contributed by atoms with Gasteiger partial charge in [0.25, 0.3) is 0 Å². The van der Waals surface area contributed by atoms with Crippen LogP contribution in [0.3, 0.4) is 0 Å². The number of nitriles is 1. The van der Waals surface area contributed by atoms with E-state index in [1.165, 1.54) is 20.3 Å². The molecule has 1 aromatic rings. The maximum absolute atomic E-state index is 11.6. The largest absolute Gasteiger partial charge is 0.469 e. The van der Waals surface area contributed by atoms with Crippen molar-refractivity contribution in [3.05, 3.63) is 34.9 Å². The average molecular weight is 247 g/mol. The molecule has 0 saturated heterocycles. The standard InChI is InChI=1S/C13H13NO4/c1-17-11(15)7-6-9-4-3-5-10(8-14)12(9)13(16)18-2/h3-5H,6-7H2,1-2H3. The highest BCUT2D eigenvalue weighted by atomic mass is 16.5. The molecular formula is C13H13NO4. The van der Waals surface area contributed by atoms with Crippen LogP contribution in [0.2, 0.25) is 0 Å². The third-order valence-electron chi connectivity index (χ3n) is 2.49. The van der Waals surface area contributed by atoms with Gasteiger partial charge in [-0.05, 0) is 18.1 Å². The van der Waals surface area contributed by atoms with E-state index in [-0.39, 0.29) is 23.5 Å². The lowest BCUT2D eigenvalue weighted by molar-refractivity contribution is -0.140. The molecule has 0 aliphatic rings. The molecule has 0 unspecified atom stereocenters. The van der Waals surface area contributed by atoms with Crippen LogP contribution < -0.4 is 0 Å². The zero-order valence-electron chi connectivity index (χ0n) is 10.2. The van der Waals surface area contributed by atoms with Gasteiger partial charge in [0.15, 0.2) is 0 Å². The van der Waals surface area contributed by atoms with Gasteiger partial charge in [-0.25, -0.2) is 4.79 Å². The van der Waals surface area contributed by atoms with Gasteiger partial charge in [0.05, 0.1) is 25.3 Å². The molecule has 0 fully saturated rings. The summed E-state index contributed by atoms with van der Waals surface area (Å²) < 4.78 is 9.18. The number of esters is 2. The van der Waals surface area contributed by atoms with Crippen LogP contribution in [0.25, 0.3) is 0 Å². The summed E-state index contributed by atoms with van der Waals surface area (Å²) in [6.45, 7) is 0. The Bertz CT molecular complexity index is 502. The minimum absolute atomic E-state index is 0.148. The van der Waals surface area contributed by atoms with Crippen LogP contribution >= 0.6 is 0 Å². The lowest BCUT2D eigenvalue weighted by atomic mass is 9.98. The number of nitrogens with zero attached hydrogens (tertiary/aromatic N) is 1. The van der Waals surface area contributed by atoms with Crippen molar-refractivity contribution >= 4 is 11.9 Å². The Morgan fingerprint density at radius 1 is 1.28 bits per heavy atom. The quantitative estimate of drug-likeness (QED) is 0.752. The molecular weight excluding hydrogens is 234 g/mol. The van der Waals surface area contributed by atoms with Crippen molar-refractivity contribution in [1.29, 1.82) is 5.26 Å². The van der Waals surface area contributed by atoms with Gasteiger partial charge >= 0.3 is 11.9 Å². The first-order valence-corrected chi connectivity index (χ1v) is 5.31. The Balaban J connectivity index is 3.07. The van der Waals surface area contributed by atoms with E-state index in [1.807, 2.05) is 6.07 Å². The molecule has 18 heavy (non-hydrogen) atoms. The van der Waals surface area contributed by atoms with Gasteiger partial charge < -0.3 is 9.47 Å². The normalized spacial score (nSPS) is 9.39. The number of hydrogen-bond acceptors (Lipinski definition) is 5. The van der Waals surface area contributed by atoms with Crippen LogP contribution in [0.5, 0.6) is 0 Å². The first-order chi connectivity index (χ1) is 8.63. The molecule has 94 valence electrons. The highest BCUT2D eigenvalue weighted by Crippen LogP contribution is 2.17. The Labute approximate surface area is 105 Å². The molecule has 0 aliphatic heterocycles. The maximum Gasteiger partial charge on any atom is 0.339 e. The summed E-state index contributed by atoms with van der Waals surface area (Å²) in [6.07, 6.45) is 0.474. The second-order valence-corrected chi connectivity index (χ2v) is 3.52. The summed E-state index contributed by atoms with van der Waals surface area (Å²) in [6, 6.07) is 6.83. The van der Waals surface area contributed by atoms with Crippen LogP contribution in [0.15, 0.2) is 18.2 Å². The van der Waals surface area contributed by atoms with Crippen molar-refractivity contribution in [3.63, 3.8) is 0 Å². The van der Waals surface area contributed by atoms with Crippen molar-refractivity contribution in [2.45, 2.75) is 12.8 Å². The Hall–Kier alpha value is -2.35. The molecule has 0 atom stereocenters. The molecule has 0 N–H and O–H groups in total. The molecule has 0 bridgehead atoms. The molecule has 5 heteroatoms. The highest BCUT2D eigenvalue weighted by Gasteiger charge is 2.17. The third kappa shape index (κ3) is 3.08. The second kappa shape index (κ2) is 6.40. The summed E-state index contributed by atoms with van der Waals surface area (Å²) in [5.41, 5.74) is 1.06. The summed E-state index contributed by atoms with van der Waals surface area (Å²) in [5.74, 6) is -0.944. The molecule has 0 spiro atoms. The zero-order chi connectivity index (χ0) is 13.5. The monoisotopic (exact) mass is 247 g/mol. The van der Waals surface area contributed by atoms with Gasteiger partial charge in [0.1, 0.15) is 6.07 Å². The van der Waals surface area contributed by atoms with Gasteiger partial charge in [-0.1, -0.05) is 12.1 Å². The lowest BCUT2D eigenvalue weighted by Crippen LogP contribution is -2.10. The summed E-state index contributed by atoms with van der Waals surface area (Å²) in [4.78, 5) is 22.7. The number of carbonyl (C=O) groups is 2. The lowest BCUT2D eigenvalue weighted by Gasteiger charge is -2.08. The van der Waals surface area contributed by atoms with Gasteiger partial charge in [0.2, 0.25) is 0 Å². The number of carbonyl (C=O) groups excluding carboxylic acids is 2. The number of methoxy groups -OCH3 is 2. The number of hydrogen-bond donors (Lipinski definition) is 0. The van der Waals surface area contributed by atoms with E-state index in [9.17, 15) is 9.59 Å².